The van der Waals surface area contributed by atoms with Gasteiger partial charge in [0, 0.05) is 18.6 Å². The number of amides is 3. The summed E-state index contributed by atoms with van der Waals surface area (Å²) in [5, 5.41) is 10.9. The quantitative estimate of drug-likeness (QED) is 0.820. The number of rotatable bonds is 6. The highest BCUT2D eigenvalue weighted by Crippen LogP contribution is 2.16. The second kappa shape index (κ2) is 8.23. The van der Waals surface area contributed by atoms with Crippen molar-refractivity contribution in [2.75, 3.05) is 20.3 Å². The zero-order chi connectivity index (χ0) is 15.8. The van der Waals surface area contributed by atoms with Gasteiger partial charge >= 0.3 is 12.0 Å². The number of hydrogen-bond acceptors (Lipinski definition) is 4. The monoisotopic (exact) mass is 314 g/mol. The van der Waals surface area contributed by atoms with Gasteiger partial charge in [0.15, 0.2) is 0 Å². The summed E-state index contributed by atoms with van der Waals surface area (Å²) in [6.45, 7) is -0.871. The van der Waals surface area contributed by atoms with Crippen molar-refractivity contribution in [2.45, 2.75) is 6.54 Å². The Morgan fingerprint density at radius 1 is 1.29 bits per heavy atom. The maximum Gasteiger partial charge on any atom is 0.329 e. The highest BCUT2D eigenvalue weighted by atomic mass is 35.5. The number of nitrogens with zero attached hydrogens (tertiary/aromatic N) is 1. The second-order valence-corrected chi connectivity index (χ2v) is 4.59. The van der Waals surface area contributed by atoms with E-state index < -0.39 is 31.1 Å². The van der Waals surface area contributed by atoms with Crippen LogP contribution in [-0.4, -0.2) is 48.2 Å². The number of ether oxygens (including phenoxy) is 1. The van der Waals surface area contributed by atoms with E-state index in [1.165, 1.54) is 11.9 Å². The molecule has 0 saturated heterocycles. The van der Waals surface area contributed by atoms with Crippen LogP contribution < -0.4 is 5.32 Å². The van der Waals surface area contributed by atoms with E-state index in [9.17, 15) is 14.4 Å². The average molecular weight is 315 g/mol. The van der Waals surface area contributed by atoms with Gasteiger partial charge in [0.1, 0.15) is 13.2 Å². The Balaban J connectivity index is 2.42. The summed E-state index contributed by atoms with van der Waals surface area (Å²) >= 11 is 5.98. The lowest BCUT2D eigenvalue weighted by Crippen LogP contribution is -2.42. The number of imide groups is 1. The lowest BCUT2D eigenvalue weighted by molar-refractivity contribution is -0.143. The molecule has 21 heavy (non-hydrogen) atoms. The predicted octanol–water partition coefficient (Wildman–Crippen LogP) is 1.11. The van der Waals surface area contributed by atoms with Crippen LogP contribution in [0.4, 0.5) is 4.79 Å². The fraction of sp³-hybridized carbons (Fsp3) is 0.308. The van der Waals surface area contributed by atoms with E-state index in [-0.39, 0.29) is 6.54 Å². The predicted molar refractivity (Wildman–Crippen MR) is 74.9 cm³/mol. The standard InChI is InChI=1S/C13H15ClN2O5/c1-16(6-9-4-2-3-5-10(9)14)13(20)15-11(17)7-21-8-12(18)19/h2-5H,6-8H2,1H3,(H,18,19)(H,15,17,20). The van der Waals surface area contributed by atoms with Gasteiger partial charge in [0.05, 0.1) is 0 Å². The smallest absolute Gasteiger partial charge is 0.329 e. The molecule has 7 nitrogen and oxygen atoms in total. The van der Waals surface area contributed by atoms with Gasteiger partial charge in [0.25, 0.3) is 5.91 Å². The summed E-state index contributed by atoms with van der Waals surface area (Å²) in [7, 11) is 1.50. The number of carbonyl (C=O) groups is 3. The van der Waals surface area contributed by atoms with Crippen LogP contribution in [0.2, 0.25) is 5.02 Å². The molecular weight excluding hydrogens is 300 g/mol. The molecular formula is C13H15ClN2O5. The van der Waals surface area contributed by atoms with Gasteiger partial charge in [-0.15, -0.1) is 0 Å². The van der Waals surface area contributed by atoms with E-state index in [0.29, 0.717) is 5.02 Å². The van der Waals surface area contributed by atoms with Crippen LogP contribution in [0.15, 0.2) is 24.3 Å². The summed E-state index contributed by atoms with van der Waals surface area (Å²) in [5.74, 6) is -1.91. The molecule has 2 N–H and O–H groups in total. The number of benzene rings is 1. The van der Waals surface area contributed by atoms with Gasteiger partial charge in [-0.05, 0) is 11.6 Å². The molecule has 8 heteroatoms. The first kappa shape index (κ1) is 16.9. The maximum absolute atomic E-state index is 11.7. The van der Waals surface area contributed by atoms with Crippen LogP contribution in [0.25, 0.3) is 0 Å². The Hall–Kier alpha value is -2.12. The topological polar surface area (TPSA) is 95.9 Å². The molecule has 0 aromatic heterocycles. The minimum atomic E-state index is -1.19. The molecule has 114 valence electrons. The highest BCUT2D eigenvalue weighted by molar-refractivity contribution is 6.31. The molecule has 0 aliphatic carbocycles. The molecule has 0 heterocycles. The summed E-state index contributed by atoms with van der Waals surface area (Å²) in [5.41, 5.74) is 0.742. The third-order valence-electron chi connectivity index (χ3n) is 2.42. The third kappa shape index (κ3) is 6.24. The van der Waals surface area contributed by atoms with Crippen molar-refractivity contribution in [1.82, 2.24) is 10.2 Å². The molecule has 0 atom stereocenters. The number of carboxylic acid groups (broad SMARTS) is 1. The highest BCUT2D eigenvalue weighted by Gasteiger charge is 2.14. The lowest BCUT2D eigenvalue weighted by atomic mass is 10.2. The Kier molecular flexibility index (Phi) is 6.64. The van der Waals surface area contributed by atoms with Gasteiger partial charge in [-0.1, -0.05) is 29.8 Å². The molecule has 1 rings (SSSR count). The zero-order valence-corrected chi connectivity index (χ0v) is 12.1. The van der Waals surface area contributed by atoms with Crippen LogP contribution in [0, 0.1) is 0 Å². The molecule has 1 aromatic rings. The zero-order valence-electron chi connectivity index (χ0n) is 11.3. The molecule has 0 radical (unpaired) electrons. The Bertz CT molecular complexity index is 535. The molecule has 0 bridgehead atoms. The van der Waals surface area contributed by atoms with Gasteiger partial charge in [-0.25, -0.2) is 9.59 Å². The fourth-order valence-electron chi connectivity index (χ4n) is 1.44. The Morgan fingerprint density at radius 2 is 1.95 bits per heavy atom. The number of urea groups is 1. The SMILES string of the molecule is CN(Cc1ccccc1Cl)C(=O)NC(=O)COCC(=O)O. The van der Waals surface area contributed by atoms with Crippen molar-refractivity contribution in [3.05, 3.63) is 34.9 Å². The minimum absolute atomic E-state index is 0.231. The number of aliphatic carboxylic acids is 1. The first-order valence-electron chi connectivity index (χ1n) is 5.98. The number of nitrogens with one attached hydrogen (secondary N) is 1. The van der Waals surface area contributed by atoms with Gasteiger partial charge < -0.3 is 14.7 Å². The average Bonchev–Trinajstić information content (AvgIpc) is 2.40. The Labute approximate surface area is 126 Å². The molecule has 1 aromatic carbocycles. The molecule has 0 aliphatic rings. The maximum atomic E-state index is 11.7. The van der Waals surface area contributed by atoms with Crippen molar-refractivity contribution < 1.29 is 24.2 Å². The first-order chi connectivity index (χ1) is 9.90. The van der Waals surface area contributed by atoms with E-state index >= 15 is 0 Å². The molecule has 3 amide bonds. The van der Waals surface area contributed by atoms with E-state index in [4.69, 9.17) is 16.7 Å². The van der Waals surface area contributed by atoms with Gasteiger partial charge in [-0.2, -0.15) is 0 Å². The summed E-state index contributed by atoms with van der Waals surface area (Å²) in [6.07, 6.45) is 0. The summed E-state index contributed by atoms with van der Waals surface area (Å²) < 4.78 is 4.57. The van der Waals surface area contributed by atoms with Crippen LogP contribution >= 0.6 is 11.6 Å². The number of carbonyl (C=O) groups excluding carboxylic acids is 2. The van der Waals surface area contributed by atoms with E-state index in [1.807, 2.05) is 0 Å². The summed E-state index contributed by atoms with van der Waals surface area (Å²) in [4.78, 5) is 34.6. The third-order valence-corrected chi connectivity index (χ3v) is 2.79. The fourth-order valence-corrected chi connectivity index (χ4v) is 1.63. The van der Waals surface area contributed by atoms with E-state index in [2.05, 4.69) is 10.1 Å². The number of carboxylic acids is 1. The first-order valence-corrected chi connectivity index (χ1v) is 6.36. The number of hydrogen-bond donors (Lipinski definition) is 2. The van der Waals surface area contributed by atoms with Crippen molar-refractivity contribution in [3.8, 4) is 0 Å². The van der Waals surface area contributed by atoms with Crippen LogP contribution in [0.1, 0.15) is 5.56 Å². The molecule has 0 unspecified atom stereocenters. The van der Waals surface area contributed by atoms with E-state index in [0.717, 1.165) is 5.56 Å². The second-order valence-electron chi connectivity index (χ2n) is 4.19. The van der Waals surface area contributed by atoms with Crippen molar-refractivity contribution in [2.24, 2.45) is 0 Å². The molecule has 0 spiro atoms. The molecule has 0 aliphatic heterocycles. The minimum Gasteiger partial charge on any atom is -0.480 e. The summed E-state index contributed by atoms with van der Waals surface area (Å²) in [6, 6.07) is 6.41. The van der Waals surface area contributed by atoms with Crippen LogP contribution in [0.5, 0.6) is 0 Å². The van der Waals surface area contributed by atoms with Gasteiger partial charge in [-0.3, -0.25) is 10.1 Å². The van der Waals surface area contributed by atoms with Crippen LogP contribution in [-0.2, 0) is 20.9 Å². The largest absolute Gasteiger partial charge is 0.480 e. The van der Waals surface area contributed by atoms with E-state index in [1.54, 1.807) is 24.3 Å². The Morgan fingerprint density at radius 3 is 2.57 bits per heavy atom. The van der Waals surface area contributed by atoms with Crippen LogP contribution in [0.3, 0.4) is 0 Å². The molecule has 0 saturated carbocycles. The van der Waals surface area contributed by atoms with Crippen molar-refractivity contribution >= 4 is 29.5 Å². The van der Waals surface area contributed by atoms with Gasteiger partial charge in [0.2, 0.25) is 0 Å². The number of halogens is 1. The molecule has 0 fully saturated rings. The van der Waals surface area contributed by atoms with Crippen molar-refractivity contribution in [3.63, 3.8) is 0 Å². The lowest BCUT2D eigenvalue weighted by Gasteiger charge is -2.18. The van der Waals surface area contributed by atoms with Crippen molar-refractivity contribution in [1.29, 1.82) is 0 Å². The normalized spacial score (nSPS) is 10.0.